The number of nitrogens with zero attached hydrogens (tertiary/aromatic N) is 4. The third-order valence-electron chi connectivity index (χ3n) is 7.88. The molecule has 230 valence electrons. The van der Waals surface area contributed by atoms with Gasteiger partial charge in [0.1, 0.15) is 0 Å². The summed E-state index contributed by atoms with van der Waals surface area (Å²) in [6.45, 7) is 0. The molecule has 0 aliphatic carbocycles. The summed E-state index contributed by atoms with van der Waals surface area (Å²) in [6.07, 6.45) is 0. The molecule has 0 aliphatic heterocycles. The molecule has 2 heterocycles. The van der Waals surface area contributed by atoms with Crippen LogP contribution in [0.2, 0.25) is 0 Å². The highest BCUT2D eigenvalue weighted by atomic mass is 15.1. The van der Waals surface area contributed by atoms with Crippen LogP contribution in [0.25, 0.3) is 83.9 Å². The van der Waals surface area contributed by atoms with Crippen LogP contribution in [0.1, 0.15) is 23.3 Å². The topological polar surface area (TPSA) is 43.6 Å². The van der Waals surface area contributed by atoms with Gasteiger partial charge in [-0.05, 0) is 52.5 Å². The van der Waals surface area contributed by atoms with Gasteiger partial charge < -0.3 is 4.57 Å². The standard InChI is InChI=1S/C45H30N4/c1-5-15-31(16-6-1)35-25-27-41-38(29-35)37-23-13-14-24-40(37)49(41)42-28-26-36(32-17-7-2-8-18-32)30-39(42)45-47-43(33-19-9-3-10-20-33)46-44(48-45)34-21-11-4-12-22-34/h1-30H/i1D,3D,5D,6D,9D,10D,13D,14D,15D,16D,19D,20D,23D,24D,25D,27D,29D. The first-order valence-electron chi connectivity index (χ1n) is 23.6. The normalized spacial score (nSPS) is 16.1. The van der Waals surface area contributed by atoms with Crippen molar-refractivity contribution in [2.24, 2.45) is 0 Å². The number of fused-ring (bicyclic) bond motifs is 3. The van der Waals surface area contributed by atoms with Crippen LogP contribution < -0.4 is 0 Å². The lowest BCUT2D eigenvalue weighted by atomic mass is 10.0. The maximum atomic E-state index is 9.63. The van der Waals surface area contributed by atoms with E-state index in [0.717, 1.165) is 0 Å². The molecular formula is C45H30N4. The lowest BCUT2D eigenvalue weighted by Crippen LogP contribution is -2.04. The number of aromatic nitrogens is 4. The number of para-hydroxylation sites is 1. The molecule has 7 aromatic carbocycles. The van der Waals surface area contributed by atoms with E-state index in [-0.39, 0.29) is 56.1 Å². The third-order valence-corrected chi connectivity index (χ3v) is 7.88. The Morgan fingerprint density at radius 3 is 1.73 bits per heavy atom. The first kappa shape index (κ1) is 16.0. The zero-order valence-corrected chi connectivity index (χ0v) is 25.3. The molecule has 0 saturated carbocycles. The molecule has 0 amide bonds. The van der Waals surface area contributed by atoms with Crippen molar-refractivity contribution in [3.05, 3.63) is 182 Å². The minimum Gasteiger partial charge on any atom is -0.309 e. The highest BCUT2D eigenvalue weighted by Gasteiger charge is 2.20. The molecule has 9 rings (SSSR count). The number of rotatable bonds is 6. The van der Waals surface area contributed by atoms with Gasteiger partial charge in [0.2, 0.25) is 0 Å². The fourth-order valence-electron chi connectivity index (χ4n) is 5.66. The molecule has 0 atom stereocenters. The molecule has 0 aliphatic rings. The van der Waals surface area contributed by atoms with E-state index in [2.05, 4.69) is 4.98 Å². The largest absolute Gasteiger partial charge is 0.309 e. The number of benzene rings is 7. The highest BCUT2D eigenvalue weighted by Crippen LogP contribution is 2.39. The second-order valence-electron chi connectivity index (χ2n) is 10.8. The monoisotopic (exact) mass is 643 g/mol. The molecule has 0 N–H and O–H groups in total. The second-order valence-corrected chi connectivity index (χ2v) is 10.8. The molecule has 9 aromatic rings. The van der Waals surface area contributed by atoms with Crippen molar-refractivity contribution in [2.75, 3.05) is 0 Å². The SMILES string of the molecule is [2H]c1c([2H])c([2H])c(-c2nc(-c3ccccc3)nc(-c3cc(-c4ccccc4)ccc3-n3c4c([2H])c([2H])c([2H])c([2H])c4c4c([2H])c(-c5c([2H])c([2H])c([2H])c([2H])c5[2H])c([2H])c([2H])c43)n2)c([2H])c1[2H]. The van der Waals surface area contributed by atoms with E-state index >= 15 is 0 Å². The fourth-order valence-corrected chi connectivity index (χ4v) is 5.66. The van der Waals surface area contributed by atoms with E-state index in [9.17, 15) is 6.85 Å². The Morgan fingerprint density at radius 2 is 1.00 bits per heavy atom. The Kier molecular flexibility index (Phi) is 3.97. The van der Waals surface area contributed by atoms with Crippen molar-refractivity contribution in [3.8, 4) is 62.1 Å². The van der Waals surface area contributed by atoms with Crippen LogP contribution in [-0.4, -0.2) is 19.5 Å². The Hall–Kier alpha value is -6.65. The van der Waals surface area contributed by atoms with Crippen molar-refractivity contribution in [1.82, 2.24) is 19.5 Å². The molecule has 0 spiro atoms. The van der Waals surface area contributed by atoms with Gasteiger partial charge in [-0.3, -0.25) is 0 Å². The van der Waals surface area contributed by atoms with E-state index in [0.29, 0.717) is 16.7 Å². The van der Waals surface area contributed by atoms with Gasteiger partial charge in [-0.2, -0.15) is 0 Å². The van der Waals surface area contributed by atoms with Crippen molar-refractivity contribution in [1.29, 1.82) is 0 Å². The second kappa shape index (κ2) is 12.2. The van der Waals surface area contributed by atoms with Crippen molar-refractivity contribution < 1.29 is 23.3 Å². The van der Waals surface area contributed by atoms with Gasteiger partial charge in [0.25, 0.3) is 0 Å². The van der Waals surface area contributed by atoms with Crippen molar-refractivity contribution >= 4 is 21.8 Å². The average Bonchev–Trinajstić information content (AvgIpc) is 3.70. The Labute approximate surface area is 308 Å². The molecule has 0 saturated heterocycles. The minimum absolute atomic E-state index is 0.0222. The minimum atomic E-state index is -0.751. The molecule has 0 bridgehead atoms. The van der Waals surface area contributed by atoms with Crippen LogP contribution in [0, 0.1) is 0 Å². The summed E-state index contributed by atoms with van der Waals surface area (Å²) < 4.78 is 151. The van der Waals surface area contributed by atoms with Crippen LogP contribution in [0.4, 0.5) is 0 Å². The van der Waals surface area contributed by atoms with E-state index in [1.807, 2.05) is 30.3 Å². The summed E-state index contributed by atoms with van der Waals surface area (Å²) in [4.78, 5) is 14.2. The lowest BCUT2D eigenvalue weighted by molar-refractivity contribution is 1.06. The summed E-state index contributed by atoms with van der Waals surface area (Å²) >= 11 is 0. The molecule has 0 fully saturated rings. The van der Waals surface area contributed by atoms with Crippen molar-refractivity contribution in [2.45, 2.75) is 0 Å². The number of hydrogen-bond acceptors (Lipinski definition) is 3. The van der Waals surface area contributed by atoms with Gasteiger partial charge >= 0.3 is 0 Å². The molecule has 4 nitrogen and oxygen atoms in total. The van der Waals surface area contributed by atoms with E-state index in [1.54, 1.807) is 48.5 Å². The van der Waals surface area contributed by atoms with Crippen LogP contribution in [0.3, 0.4) is 0 Å². The van der Waals surface area contributed by atoms with Gasteiger partial charge in [0, 0.05) is 27.5 Å². The molecule has 49 heavy (non-hydrogen) atoms. The van der Waals surface area contributed by atoms with Crippen LogP contribution in [0.5, 0.6) is 0 Å². The van der Waals surface area contributed by atoms with E-state index < -0.39 is 114 Å². The van der Waals surface area contributed by atoms with E-state index in [4.69, 9.17) is 26.4 Å². The predicted octanol–water partition coefficient (Wildman–Crippen LogP) is 11.3. The first-order valence-corrected chi connectivity index (χ1v) is 15.1. The maximum Gasteiger partial charge on any atom is 0.166 e. The summed E-state index contributed by atoms with van der Waals surface area (Å²) in [6, 6.07) is 11.2. The van der Waals surface area contributed by atoms with Crippen molar-refractivity contribution in [3.63, 3.8) is 0 Å². The van der Waals surface area contributed by atoms with Gasteiger partial charge in [0.05, 0.1) is 40.0 Å². The average molecular weight is 644 g/mol. The summed E-state index contributed by atoms with van der Waals surface area (Å²) in [7, 11) is 0. The first-order chi connectivity index (χ1) is 31.4. The molecule has 0 radical (unpaired) electrons. The van der Waals surface area contributed by atoms with Crippen LogP contribution >= 0.6 is 0 Å². The fraction of sp³-hybridized carbons (Fsp3) is 0. The van der Waals surface area contributed by atoms with Gasteiger partial charge in [-0.15, -0.1) is 0 Å². The molecular weight excluding hydrogens is 597 g/mol. The molecule has 2 aromatic heterocycles. The molecule has 0 unspecified atom stereocenters. The number of hydrogen-bond donors (Lipinski definition) is 0. The smallest absolute Gasteiger partial charge is 0.166 e. The summed E-state index contributed by atoms with van der Waals surface area (Å²) in [5, 5.41) is -0.542. The Bertz CT molecular complexity index is 3500. The summed E-state index contributed by atoms with van der Waals surface area (Å²) in [5.74, 6) is -0.426. The van der Waals surface area contributed by atoms with E-state index in [1.165, 1.54) is 4.57 Å². The van der Waals surface area contributed by atoms with Crippen LogP contribution in [0.15, 0.2) is 182 Å². The lowest BCUT2D eigenvalue weighted by Gasteiger charge is -2.16. The predicted molar refractivity (Wildman–Crippen MR) is 201 cm³/mol. The van der Waals surface area contributed by atoms with Gasteiger partial charge in [-0.25, -0.2) is 15.0 Å². The Balaban J connectivity index is 1.48. The maximum absolute atomic E-state index is 9.63. The molecule has 4 heteroatoms. The van der Waals surface area contributed by atoms with Gasteiger partial charge in [0.15, 0.2) is 17.5 Å². The van der Waals surface area contributed by atoms with Gasteiger partial charge in [-0.1, -0.05) is 151 Å². The summed E-state index contributed by atoms with van der Waals surface area (Å²) in [5.41, 5.74) is 0.00979. The quantitative estimate of drug-likeness (QED) is 0.181. The van der Waals surface area contributed by atoms with Crippen LogP contribution in [-0.2, 0) is 0 Å². The zero-order valence-electron chi connectivity index (χ0n) is 42.3. The zero-order chi connectivity index (χ0) is 47.4. The highest BCUT2D eigenvalue weighted by molar-refractivity contribution is 6.11. The third kappa shape index (κ3) is 5.26. The Morgan fingerprint density at radius 1 is 0.408 bits per heavy atom.